The van der Waals surface area contributed by atoms with Gasteiger partial charge in [-0.2, -0.15) is 0 Å². The smallest absolute Gasteiger partial charge is 0.220 e. The van der Waals surface area contributed by atoms with E-state index in [0.717, 1.165) is 28.6 Å². The summed E-state index contributed by atoms with van der Waals surface area (Å²) >= 11 is 1.63. The Hall–Kier alpha value is -2.86. The van der Waals surface area contributed by atoms with Crippen LogP contribution in [-0.4, -0.2) is 24.6 Å². The molecule has 1 aromatic heterocycles. The Labute approximate surface area is 169 Å². The van der Waals surface area contributed by atoms with Crippen molar-refractivity contribution in [3.63, 3.8) is 0 Å². The number of amides is 1. The molecule has 3 rings (SSSR count). The molecular weight excluding hydrogens is 372 g/mol. The zero-order valence-corrected chi connectivity index (χ0v) is 16.7. The lowest BCUT2D eigenvalue weighted by atomic mass is 10.2. The average Bonchev–Trinajstić information content (AvgIpc) is 3.18. The van der Waals surface area contributed by atoms with Gasteiger partial charge in [0.25, 0.3) is 0 Å². The van der Waals surface area contributed by atoms with Gasteiger partial charge in [0.1, 0.15) is 11.5 Å². The number of aromatic nitrogens is 1. The number of thiazole rings is 1. The van der Waals surface area contributed by atoms with Gasteiger partial charge in [-0.05, 0) is 36.2 Å². The van der Waals surface area contributed by atoms with Crippen LogP contribution in [0.15, 0.2) is 60.0 Å². The van der Waals surface area contributed by atoms with Crippen molar-refractivity contribution < 1.29 is 14.3 Å². The summed E-state index contributed by atoms with van der Waals surface area (Å²) in [5.74, 6) is 1.58. The quantitative estimate of drug-likeness (QED) is 0.521. The first-order valence-electron chi connectivity index (χ1n) is 9.23. The fourth-order valence-electron chi connectivity index (χ4n) is 2.65. The number of carbonyl (C=O) groups excluding carboxylic acids is 1. The normalized spacial score (nSPS) is 10.5. The van der Waals surface area contributed by atoms with Crippen molar-refractivity contribution in [1.82, 2.24) is 10.3 Å². The van der Waals surface area contributed by atoms with Gasteiger partial charge >= 0.3 is 0 Å². The predicted molar refractivity (Wildman–Crippen MR) is 111 cm³/mol. The first kappa shape index (κ1) is 19.9. The van der Waals surface area contributed by atoms with Crippen LogP contribution in [0.5, 0.6) is 11.5 Å². The molecule has 0 fully saturated rings. The van der Waals surface area contributed by atoms with Crippen molar-refractivity contribution in [2.75, 3.05) is 13.7 Å². The number of hydrogen-bond acceptors (Lipinski definition) is 5. The minimum Gasteiger partial charge on any atom is -0.497 e. The van der Waals surface area contributed by atoms with Crippen molar-refractivity contribution in [3.8, 4) is 11.5 Å². The van der Waals surface area contributed by atoms with Crippen LogP contribution in [-0.2, 0) is 17.8 Å². The van der Waals surface area contributed by atoms with E-state index in [0.29, 0.717) is 26.0 Å². The van der Waals surface area contributed by atoms with Gasteiger partial charge in [-0.15, -0.1) is 11.3 Å². The minimum atomic E-state index is 0.0101. The zero-order valence-electron chi connectivity index (χ0n) is 15.9. The van der Waals surface area contributed by atoms with Crippen molar-refractivity contribution in [3.05, 3.63) is 76.2 Å². The molecule has 0 unspecified atom stereocenters. The molecule has 0 atom stereocenters. The first-order valence-corrected chi connectivity index (χ1v) is 10.1. The average molecular weight is 397 g/mol. The van der Waals surface area contributed by atoms with E-state index in [4.69, 9.17) is 9.47 Å². The number of nitrogens with one attached hydrogen (secondary N) is 1. The summed E-state index contributed by atoms with van der Waals surface area (Å²) in [6, 6.07) is 17.7. The molecule has 0 aliphatic rings. The molecule has 1 amide bonds. The molecule has 1 heterocycles. The van der Waals surface area contributed by atoms with E-state index in [2.05, 4.69) is 22.4 Å². The third kappa shape index (κ3) is 6.39. The lowest BCUT2D eigenvalue weighted by molar-refractivity contribution is -0.121. The topological polar surface area (TPSA) is 60.5 Å². The molecule has 0 spiro atoms. The van der Waals surface area contributed by atoms with Gasteiger partial charge in [0, 0.05) is 18.2 Å². The molecule has 0 aliphatic heterocycles. The van der Waals surface area contributed by atoms with Gasteiger partial charge in [-0.1, -0.05) is 30.3 Å². The molecule has 0 saturated carbocycles. The monoisotopic (exact) mass is 396 g/mol. The Kier molecular flexibility index (Phi) is 7.44. The molecule has 5 nitrogen and oxygen atoms in total. The van der Waals surface area contributed by atoms with Gasteiger partial charge in [0.15, 0.2) is 0 Å². The Morgan fingerprint density at radius 3 is 2.57 bits per heavy atom. The van der Waals surface area contributed by atoms with Crippen LogP contribution in [0.2, 0.25) is 0 Å². The summed E-state index contributed by atoms with van der Waals surface area (Å²) in [6.07, 6.45) is 1.91. The molecule has 0 aliphatic carbocycles. The number of methoxy groups -OCH3 is 1. The summed E-state index contributed by atoms with van der Waals surface area (Å²) in [5.41, 5.74) is 2.14. The number of benzene rings is 2. The second-order valence-electron chi connectivity index (χ2n) is 6.30. The van der Waals surface area contributed by atoms with Gasteiger partial charge < -0.3 is 14.8 Å². The van der Waals surface area contributed by atoms with Gasteiger partial charge in [-0.3, -0.25) is 4.79 Å². The lowest BCUT2D eigenvalue weighted by Crippen LogP contribution is -2.23. The van der Waals surface area contributed by atoms with E-state index in [9.17, 15) is 4.79 Å². The molecule has 1 N–H and O–H groups in total. The van der Waals surface area contributed by atoms with Crippen molar-refractivity contribution >= 4 is 17.2 Å². The van der Waals surface area contributed by atoms with E-state index in [1.54, 1.807) is 18.4 Å². The molecule has 2 aromatic carbocycles. The third-order valence-electron chi connectivity index (χ3n) is 4.14. The summed E-state index contributed by atoms with van der Waals surface area (Å²) in [4.78, 5) is 16.6. The second kappa shape index (κ2) is 10.5. The molecule has 0 bridgehead atoms. The lowest BCUT2D eigenvalue weighted by Gasteiger charge is -2.07. The zero-order chi connectivity index (χ0) is 19.6. The number of ether oxygens (including phenoxy) is 2. The standard InChI is InChI=1S/C22H24N2O3S/c1-26-19-9-11-20(12-10-19)27-13-5-8-21(25)23-15-18-16-28-22(24-18)14-17-6-3-2-4-7-17/h2-4,6-7,9-12,16H,5,8,13-15H2,1H3,(H,23,25). The van der Waals surface area contributed by atoms with E-state index in [1.807, 2.05) is 47.8 Å². The maximum atomic E-state index is 12.0. The molecule has 146 valence electrons. The highest BCUT2D eigenvalue weighted by molar-refractivity contribution is 7.09. The summed E-state index contributed by atoms with van der Waals surface area (Å²) < 4.78 is 10.7. The highest BCUT2D eigenvalue weighted by Crippen LogP contribution is 2.17. The number of rotatable bonds is 10. The Morgan fingerprint density at radius 1 is 1.07 bits per heavy atom. The Balaban J connectivity index is 1.33. The van der Waals surface area contributed by atoms with E-state index < -0.39 is 0 Å². The van der Waals surface area contributed by atoms with Crippen molar-refractivity contribution in [2.24, 2.45) is 0 Å². The van der Waals surface area contributed by atoms with Crippen LogP contribution in [0.25, 0.3) is 0 Å². The van der Waals surface area contributed by atoms with Crippen molar-refractivity contribution in [2.45, 2.75) is 25.8 Å². The number of hydrogen-bond donors (Lipinski definition) is 1. The second-order valence-corrected chi connectivity index (χ2v) is 7.24. The Morgan fingerprint density at radius 2 is 1.82 bits per heavy atom. The van der Waals surface area contributed by atoms with Crippen LogP contribution in [0.3, 0.4) is 0 Å². The third-order valence-corrected chi connectivity index (χ3v) is 5.04. The van der Waals surface area contributed by atoms with Crippen molar-refractivity contribution in [1.29, 1.82) is 0 Å². The highest BCUT2D eigenvalue weighted by Gasteiger charge is 2.06. The SMILES string of the molecule is COc1ccc(OCCCC(=O)NCc2csc(Cc3ccccc3)n2)cc1. The first-order chi connectivity index (χ1) is 13.7. The fraction of sp³-hybridized carbons (Fsp3) is 0.273. The maximum Gasteiger partial charge on any atom is 0.220 e. The molecule has 28 heavy (non-hydrogen) atoms. The number of nitrogens with zero attached hydrogens (tertiary/aromatic N) is 1. The molecular formula is C22H24N2O3S. The molecule has 0 radical (unpaired) electrons. The van der Waals surface area contributed by atoms with Crippen LogP contribution in [0.1, 0.15) is 29.1 Å². The fourth-order valence-corrected chi connectivity index (χ4v) is 3.48. The van der Waals surface area contributed by atoms with Gasteiger partial charge in [0.2, 0.25) is 5.91 Å². The Bertz CT molecular complexity index is 863. The van der Waals surface area contributed by atoms with Crippen LogP contribution >= 0.6 is 11.3 Å². The van der Waals surface area contributed by atoms with Gasteiger partial charge in [-0.25, -0.2) is 4.98 Å². The summed E-state index contributed by atoms with van der Waals surface area (Å²) in [6.45, 7) is 0.959. The van der Waals surface area contributed by atoms with Crippen LogP contribution in [0, 0.1) is 0 Å². The summed E-state index contributed by atoms with van der Waals surface area (Å²) in [7, 11) is 1.63. The molecule has 0 saturated heterocycles. The number of carbonyl (C=O) groups is 1. The molecule has 3 aromatic rings. The van der Waals surface area contributed by atoms with E-state index >= 15 is 0 Å². The highest BCUT2D eigenvalue weighted by atomic mass is 32.1. The van der Waals surface area contributed by atoms with Crippen LogP contribution < -0.4 is 14.8 Å². The predicted octanol–water partition coefficient (Wildman–Crippen LogP) is 4.22. The molecule has 6 heteroatoms. The maximum absolute atomic E-state index is 12.0. The largest absolute Gasteiger partial charge is 0.497 e. The van der Waals surface area contributed by atoms with Crippen LogP contribution in [0.4, 0.5) is 0 Å². The summed E-state index contributed by atoms with van der Waals surface area (Å²) in [5, 5.41) is 5.99. The van der Waals surface area contributed by atoms with Gasteiger partial charge in [0.05, 0.1) is 31.0 Å². The van der Waals surface area contributed by atoms with E-state index in [-0.39, 0.29) is 5.91 Å². The van der Waals surface area contributed by atoms with E-state index in [1.165, 1.54) is 5.56 Å². The minimum absolute atomic E-state index is 0.0101.